The van der Waals surface area contributed by atoms with Gasteiger partial charge in [-0.25, -0.2) is 0 Å². The van der Waals surface area contributed by atoms with Gasteiger partial charge in [-0.2, -0.15) is 0 Å². The van der Waals surface area contributed by atoms with E-state index in [4.69, 9.17) is 4.74 Å². The maximum Gasteiger partial charge on any atom is 0.264 e. The number of hydrogen-bond acceptors (Lipinski definition) is 8. The number of anilines is 2. The Morgan fingerprint density at radius 2 is 2.20 bits per heavy atom. The lowest BCUT2D eigenvalue weighted by Gasteiger charge is -2.32. The van der Waals surface area contributed by atoms with Gasteiger partial charge in [-0.15, -0.1) is 11.7 Å². The Kier molecular flexibility index (Phi) is 7.99. The van der Waals surface area contributed by atoms with Gasteiger partial charge in [-0.1, -0.05) is 18.2 Å². The summed E-state index contributed by atoms with van der Waals surface area (Å²) in [5.41, 5.74) is 1.23. The summed E-state index contributed by atoms with van der Waals surface area (Å²) in [6.45, 7) is 11.3. The second-order valence-electron chi connectivity index (χ2n) is 11.7. The predicted octanol–water partition coefficient (Wildman–Crippen LogP) is 1.92. The molecular weight excluding hydrogens is 528 g/mol. The normalized spacial score (nSPS) is 27.9. The maximum atomic E-state index is 14.2. The summed E-state index contributed by atoms with van der Waals surface area (Å²) in [4.78, 5) is 40.3. The van der Waals surface area contributed by atoms with E-state index in [1.807, 2.05) is 38.2 Å². The van der Waals surface area contributed by atoms with Crippen LogP contribution >= 0.6 is 0 Å². The second-order valence-corrected chi connectivity index (χ2v) is 15.6. The highest BCUT2D eigenvalue weighted by Gasteiger charge is 2.66. The van der Waals surface area contributed by atoms with Crippen LogP contribution in [0.15, 0.2) is 37.1 Å². The Hall–Kier alpha value is -2.90. The summed E-state index contributed by atoms with van der Waals surface area (Å²) in [5, 5.41) is 23.7. The molecule has 216 valence electrons. The summed E-state index contributed by atoms with van der Waals surface area (Å²) in [7, 11) is -2.81. The molecule has 3 aliphatic heterocycles. The highest BCUT2D eigenvalue weighted by atomic mass is 28.4. The lowest BCUT2D eigenvalue weighted by molar-refractivity contribution is -0.145. The number of aliphatic hydroxyl groups excluding tert-OH is 1. The third-order valence-corrected chi connectivity index (χ3v) is 11.0. The van der Waals surface area contributed by atoms with Crippen LogP contribution in [-0.2, 0) is 32.9 Å². The Labute approximate surface area is 235 Å². The standard InChI is InChI=1S/C28H40N6O5Si/c1-5-13-34-23-9-8-19(30-26(36)22-7-6-12-29-22)16-21(23)28(27(34)37)18(2)25(40(3,4)38)24(39-28)10-14-33-17-20(11-15-35)31-32-33/h5,8-9,16-18,22,24-25,29,35,38H,1,6-7,10-15H2,2-4H3,(H,30,36)/t18-,22-,24+,25-,28+/m1/s1. The van der Waals surface area contributed by atoms with Crippen LogP contribution in [0.25, 0.3) is 0 Å². The minimum absolute atomic E-state index is 0.000814. The number of aryl methyl sites for hydroxylation is 1. The summed E-state index contributed by atoms with van der Waals surface area (Å²) in [5.74, 6) is -0.576. The van der Waals surface area contributed by atoms with Crippen molar-refractivity contribution in [3.05, 3.63) is 48.3 Å². The van der Waals surface area contributed by atoms with Crippen molar-refractivity contribution < 1.29 is 24.2 Å². The predicted molar refractivity (Wildman–Crippen MR) is 153 cm³/mol. The van der Waals surface area contributed by atoms with Crippen LogP contribution in [-0.4, -0.2) is 76.9 Å². The van der Waals surface area contributed by atoms with Crippen LogP contribution in [0.4, 0.5) is 11.4 Å². The minimum atomic E-state index is -2.81. The molecule has 0 aliphatic carbocycles. The molecule has 5 rings (SSSR count). The number of aliphatic hydroxyl groups is 1. The van der Waals surface area contributed by atoms with Crippen molar-refractivity contribution in [2.24, 2.45) is 5.92 Å². The van der Waals surface area contributed by atoms with Gasteiger partial charge >= 0.3 is 0 Å². The summed E-state index contributed by atoms with van der Waals surface area (Å²) < 4.78 is 8.55. The van der Waals surface area contributed by atoms with Crippen molar-refractivity contribution in [2.45, 2.75) is 75.5 Å². The zero-order valence-corrected chi connectivity index (χ0v) is 24.5. The van der Waals surface area contributed by atoms with E-state index in [-0.39, 0.29) is 35.9 Å². The van der Waals surface area contributed by atoms with Gasteiger partial charge in [0.05, 0.1) is 23.5 Å². The van der Waals surface area contributed by atoms with E-state index in [9.17, 15) is 19.5 Å². The molecule has 0 unspecified atom stereocenters. The number of amides is 2. The molecule has 11 nitrogen and oxygen atoms in total. The number of aromatic nitrogens is 3. The van der Waals surface area contributed by atoms with E-state index in [0.29, 0.717) is 42.9 Å². The summed E-state index contributed by atoms with van der Waals surface area (Å²) in [6.07, 6.45) is 5.81. The van der Waals surface area contributed by atoms with E-state index >= 15 is 0 Å². The molecule has 2 fully saturated rings. The van der Waals surface area contributed by atoms with Crippen LogP contribution in [0.2, 0.25) is 18.6 Å². The first-order valence-electron chi connectivity index (χ1n) is 14.1. The zero-order chi connectivity index (χ0) is 28.7. The molecule has 3 aliphatic rings. The lowest BCUT2D eigenvalue weighted by atomic mass is 9.82. The van der Waals surface area contributed by atoms with E-state index in [1.54, 1.807) is 21.9 Å². The van der Waals surface area contributed by atoms with Crippen LogP contribution < -0.4 is 15.5 Å². The van der Waals surface area contributed by atoms with E-state index in [2.05, 4.69) is 27.5 Å². The molecular formula is C28H40N6O5Si. The Balaban J connectivity index is 1.49. The van der Waals surface area contributed by atoms with Crippen molar-refractivity contribution in [1.29, 1.82) is 0 Å². The van der Waals surface area contributed by atoms with Crippen LogP contribution in [0, 0.1) is 5.92 Å². The molecule has 0 saturated carbocycles. The van der Waals surface area contributed by atoms with Crippen molar-refractivity contribution >= 4 is 31.5 Å². The van der Waals surface area contributed by atoms with Crippen molar-refractivity contribution in [3.8, 4) is 0 Å². The van der Waals surface area contributed by atoms with E-state index in [1.165, 1.54) is 0 Å². The highest BCUT2D eigenvalue weighted by Crippen LogP contribution is 2.60. The molecule has 5 atom stereocenters. The van der Waals surface area contributed by atoms with Gasteiger partial charge in [-0.05, 0) is 57.1 Å². The Bertz CT molecular complexity index is 1270. The number of carbonyl (C=O) groups excluding carboxylic acids is 2. The SMILES string of the molecule is C=CCN1C(=O)[C@@]2(O[C@@H](CCn3cc(CCO)nn3)[C@H]([Si](C)(C)O)[C@H]2C)c2cc(NC(=O)[C@H]3CCCN3)ccc21. The molecule has 40 heavy (non-hydrogen) atoms. The Morgan fingerprint density at radius 3 is 2.88 bits per heavy atom. The van der Waals surface area contributed by atoms with Crippen LogP contribution in [0.3, 0.4) is 0 Å². The second kappa shape index (κ2) is 11.2. The fraction of sp³-hybridized carbons (Fsp3) is 0.571. The molecule has 1 aromatic heterocycles. The largest absolute Gasteiger partial charge is 0.432 e. The number of rotatable bonds is 10. The van der Waals surface area contributed by atoms with Gasteiger partial charge in [0.1, 0.15) is 0 Å². The highest BCUT2D eigenvalue weighted by molar-refractivity contribution is 6.71. The number of benzene rings is 1. The fourth-order valence-electron chi connectivity index (χ4n) is 6.81. The number of hydrogen-bond donors (Lipinski definition) is 4. The molecule has 2 aromatic rings. The van der Waals surface area contributed by atoms with Crippen molar-refractivity contribution in [1.82, 2.24) is 20.3 Å². The number of ether oxygens (including phenoxy) is 1. The maximum absolute atomic E-state index is 14.2. The molecule has 2 saturated heterocycles. The third-order valence-electron chi connectivity index (χ3n) is 8.54. The molecule has 1 aromatic carbocycles. The number of fused-ring (bicyclic) bond motifs is 2. The molecule has 4 N–H and O–H groups in total. The molecule has 0 radical (unpaired) electrons. The number of carbonyl (C=O) groups is 2. The number of nitrogens with zero attached hydrogens (tertiary/aromatic N) is 4. The smallest absolute Gasteiger partial charge is 0.264 e. The van der Waals surface area contributed by atoms with E-state index < -0.39 is 20.0 Å². The monoisotopic (exact) mass is 568 g/mol. The first-order chi connectivity index (χ1) is 19.1. The first kappa shape index (κ1) is 28.6. The van der Waals surface area contributed by atoms with E-state index in [0.717, 1.165) is 25.1 Å². The van der Waals surface area contributed by atoms with Gasteiger partial charge in [0.25, 0.3) is 5.91 Å². The topological polar surface area (TPSA) is 142 Å². The molecule has 2 amide bonds. The molecule has 12 heteroatoms. The zero-order valence-electron chi connectivity index (χ0n) is 23.5. The average molecular weight is 569 g/mol. The summed E-state index contributed by atoms with van der Waals surface area (Å²) in [6, 6.07) is 5.32. The van der Waals surface area contributed by atoms with Crippen LogP contribution in [0.1, 0.15) is 37.4 Å². The van der Waals surface area contributed by atoms with Crippen molar-refractivity contribution in [3.63, 3.8) is 0 Å². The third kappa shape index (κ3) is 5.03. The molecule has 0 bridgehead atoms. The average Bonchev–Trinajstić information content (AvgIpc) is 3.68. The first-order valence-corrected chi connectivity index (χ1v) is 17.1. The van der Waals surface area contributed by atoms with Gasteiger partial charge < -0.3 is 30.2 Å². The van der Waals surface area contributed by atoms with Crippen LogP contribution in [0.5, 0.6) is 0 Å². The van der Waals surface area contributed by atoms with Gasteiger partial charge in [0.2, 0.25) is 5.91 Å². The van der Waals surface area contributed by atoms with Crippen molar-refractivity contribution in [2.75, 3.05) is 29.9 Å². The van der Waals surface area contributed by atoms with Gasteiger partial charge in [-0.3, -0.25) is 14.3 Å². The number of nitrogens with one attached hydrogen (secondary N) is 2. The quantitative estimate of drug-likeness (QED) is 0.252. The van der Waals surface area contributed by atoms with Gasteiger partial charge in [0, 0.05) is 55.0 Å². The minimum Gasteiger partial charge on any atom is -0.432 e. The molecule has 1 spiro atoms. The molecule has 4 heterocycles. The fourth-order valence-corrected chi connectivity index (χ4v) is 9.41. The summed E-state index contributed by atoms with van der Waals surface area (Å²) >= 11 is 0. The Morgan fingerprint density at radius 1 is 1.40 bits per heavy atom. The van der Waals surface area contributed by atoms with Gasteiger partial charge in [0.15, 0.2) is 13.9 Å². The lowest BCUT2D eigenvalue weighted by Crippen LogP contribution is -2.46.